The highest BCUT2D eigenvalue weighted by Gasteiger charge is 1.98. The van der Waals surface area contributed by atoms with Gasteiger partial charge in [-0.1, -0.05) is 6.92 Å². The van der Waals surface area contributed by atoms with Crippen LogP contribution >= 0.6 is 0 Å². The van der Waals surface area contributed by atoms with Crippen LogP contribution in [0.4, 0.5) is 0 Å². The molecule has 1 atom stereocenters. The Labute approximate surface area is 90.6 Å². The molecule has 1 N–H and O–H groups in total. The zero-order chi connectivity index (χ0) is 11.1. The van der Waals surface area contributed by atoms with Crippen molar-refractivity contribution in [3.8, 4) is 11.5 Å². The van der Waals surface area contributed by atoms with Crippen LogP contribution < -0.4 is 9.47 Å². The van der Waals surface area contributed by atoms with E-state index in [-0.39, 0.29) is 0 Å². The van der Waals surface area contributed by atoms with Gasteiger partial charge < -0.3 is 14.6 Å². The monoisotopic (exact) mass is 210 g/mol. The molecule has 0 aliphatic rings. The first-order valence-electron chi connectivity index (χ1n) is 5.26. The van der Waals surface area contributed by atoms with Gasteiger partial charge in [-0.2, -0.15) is 0 Å². The van der Waals surface area contributed by atoms with Crippen molar-refractivity contribution in [3.63, 3.8) is 0 Å². The van der Waals surface area contributed by atoms with Crippen LogP contribution in [-0.4, -0.2) is 24.4 Å². The van der Waals surface area contributed by atoms with Crippen molar-refractivity contribution in [3.05, 3.63) is 24.3 Å². The van der Waals surface area contributed by atoms with Gasteiger partial charge in [-0.15, -0.1) is 0 Å². The lowest BCUT2D eigenvalue weighted by Gasteiger charge is -2.09. The Bertz CT molecular complexity index is 267. The van der Waals surface area contributed by atoms with Crippen molar-refractivity contribution in [2.45, 2.75) is 26.4 Å². The molecular formula is C12H18O3. The Hall–Kier alpha value is -1.22. The number of rotatable bonds is 6. The van der Waals surface area contributed by atoms with Crippen molar-refractivity contribution in [2.75, 3.05) is 13.2 Å². The zero-order valence-corrected chi connectivity index (χ0v) is 9.27. The normalized spacial score (nSPS) is 12.2. The maximum Gasteiger partial charge on any atom is 0.119 e. The lowest BCUT2D eigenvalue weighted by Crippen LogP contribution is -2.12. The van der Waals surface area contributed by atoms with Gasteiger partial charge in [0.05, 0.1) is 12.7 Å². The minimum atomic E-state index is -0.444. The molecule has 3 heteroatoms. The van der Waals surface area contributed by atoms with Crippen LogP contribution in [0.2, 0.25) is 0 Å². The Morgan fingerprint density at radius 2 is 1.67 bits per heavy atom. The summed E-state index contributed by atoms with van der Waals surface area (Å²) >= 11 is 0. The molecule has 0 saturated heterocycles. The van der Waals surface area contributed by atoms with Gasteiger partial charge in [0.1, 0.15) is 18.1 Å². The summed E-state index contributed by atoms with van der Waals surface area (Å²) in [6.07, 6.45) is 0.557. The summed E-state index contributed by atoms with van der Waals surface area (Å²) in [6, 6.07) is 7.42. The van der Waals surface area contributed by atoms with Crippen LogP contribution in [0.1, 0.15) is 20.3 Å². The van der Waals surface area contributed by atoms with Crippen molar-refractivity contribution in [1.82, 2.24) is 0 Å². The second kappa shape index (κ2) is 6.30. The van der Waals surface area contributed by atoms with Crippen LogP contribution in [0.3, 0.4) is 0 Å². The first-order chi connectivity index (χ1) is 7.22. The van der Waals surface area contributed by atoms with Crippen molar-refractivity contribution in [1.29, 1.82) is 0 Å². The smallest absolute Gasteiger partial charge is 0.119 e. The average molecular weight is 210 g/mol. The maximum atomic E-state index is 9.03. The van der Waals surface area contributed by atoms with E-state index in [0.29, 0.717) is 6.61 Å². The lowest BCUT2D eigenvalue weighted by atomic mass is 10.3. The fourth-order valence-electron chi connectivity index (χ4n) is 1.07. The van der Waals surface area contributed by atoms with E-state index in [0.717, 1.165) is 24.5 Å². The number of benzene rings is 1. The highest BCUT2D eigenvalue weighted by Crippen LogP contribution is 2.17. The summed E-state index contributed by atoms with van der Waals surface area (Å²) in [4.78, 5) is 0. The molecule has 15 heavy (non-hydrogen) atoms. The van der Waals surface area contributed by atoms with Gasteiger partial charge in [0.2, 0.25) is 0 Å². The molecule has 0 spiro atoms. The van der Waals surface area contributed by atoms with E-state index >= 15 is 0 Å². The zero-order valence-electron chi connectivity index (χ0n) is 9.27. The molecule has 1 aromatic rings. The second-order valence-corrected chi connectivity index (χ2v) is 3.48. The molecule has 0 heterocycles. The molecule has 0 unspecified atom stereocenters. The van der Waals surface area contributed by atoms with E-state index in [1.165, 1.54) is 0 Å². The van der Waals surface area contributed by atoms with Gasteiger partial charge in [0.25, 0.3) is 0 Å². The van der Waals surface area contributed by atoms with Gasteiger partial charge in [0, 0.05) is 0 Å². The van der Waals surface area contributed by atoms with E-state index in [1.807, 2.05) is 24.3 Å². The van der Waals surface area contributed by atoms with Gasteiger partial charge in [0.15, 0.2) is 0 Å². The lowest BCUT2D eigenvalue weighted by molar-refractivity contribution is 0.122. The quantitative estimate of drug-likeness (QED) is 0.782. The summed E-state index contributed by atoms with van der Waals surface area (Å²) in [5, 5.41) is 9.03. The molecule has 0 amide bonds. The van der Waals surface area contributed by atoms with E-state index in [1.54, 1.807) is 6.92 Å². The van der Waals surface area contributed by atoms with Crippen LogP contribution in [0.15, 0.2) is 24.3 Å². The predicted molar refractivity (Wildman–Crippen MR) is 59.4 cm³/mol. The van der Waals surface area contributed by atoms with E-state index in [9.17, 15) is 0 Å². The van der Waals surface area contributed by atoms with E-state index in [2.05, 4.69) is 6.92 Å². The first kappa shape index (κ1) is 11.9. The van der Waals surface area contributed by atoms with Gasteiger partial charge in [-0.25, -0.2) is 0 Å². The fraction of sp³-hybridized carbons (Fsp3) is 0.500. The largest absolute Gasteiger partial charge is 0.494 e. The topological polar surface area (TPSA) is 38.7 Å². The number of hydrogen-bond acceptors (Lipinski definition) is 3. The average Bonchev–Trinajstić information content (AvgIpc) is 2.25. The first-order valence-corrected chi connectivity index (χ1v) is 5.26. The third kappa shape index (κ3) is 4.70. The van der Waals surface area contributed by atoms with Crippen LogP contribution in [0.25, 0.3) is 0 Å². The summed E-state index contributed by atoms with van der Waals surface area (Å²) in [5.41, 5.74) is 0. The van der Waals surface area contributed by atoms with Crippen molar-refractivity contribution >= 4 is 0 Å². The highest BCUT2D eigenvalue weighted by atomic mass is 16.5. The molecule has 3 nitrogen and oxygen atoms in total. The standard InChI is InChI=1S/C12H18O3/c1-3-8-14-11-4-6-12(7-5-11)15-9-10(2)13/h4-7,10,13H,3,8-9H2,1-2H3/t10-/m0/s1. The number of ether oxygens (including phenoxy) is 2. The van der Waals surface area contributed by atoms with Gasteiger partial charge in [-0.05, 0) is 37.6 Å². The van der Waals surface area contributed by atoms with Gasteiger partial charge >= 0.3 is 0 Å². The molecule has 0 radical (unpaired) electrons. The maximum absolute atomic E-state index is 9.03. The SMILES string of the molecule is CCCOc1ccc(OC[C@H](C)O)cc1. The Kier molecular flexibility index (Phi) is 4.98. The number of aliphatic hydroxyl groups is 1. The third-order valence-electron chi connectivity index (χ3n) is 1.79. The predicted octanol–water partition coefficient (Wildman–Crippen LogP) is 2.24. The van der Waals surface area contributed by atoms with E-state index in [4.69, 9.17) is 14.6 Å². The molecule has 84 valence electrons. The van der Waals surface area contributed by atoms with Crippen LogP contribution in [-0.2, 0) is 0 Å². The van der Waals surface area contributed by atoms with Gasteiger partial charge in [-0.3, -0.25) is 0 Å². The molecule has 0 fully saturated rings. The molecule has 0 saturated carbocycles. The Balaban J connectivity index is 2.41. The summed E-state index contributed by atoms with van der Waals surface area (Å²) in [5.74, 6) is 1.60. The molecule has 0 aromatic heterocycles. The third-order valence-corrected chi connectivity index (χ3v) is 1.79. The number of hydrogen-bond donors (Lipinski definition) is 1. The molecule has 0 aliphatic heterocycles. The Morgan fingerprint density at radius 3 is 2.13 bits per heavy atom. The number of aliphatic hydroxyl groups excluding tert-OH is 1. The molecule has 0 aliphatic carbocycles. The minimum absolute atomic E-state index is 0.315. The second-order valence-electron chi connectivity index (χ2n) is 3.48. The van der Waals surface area contributed by atoms with Crippen LogP contribution in [0, 0.1) is 0 Å². The highest BCUT2D eigenvalue weighted by molar-refractivity contribution is 5.31. The Morgan fingerprint density at radius 1 is 1.13 bits per heavy atom. The summed E-state index contributed by atoms with van der Waals surface area (Å²) in [7, 11) is 0. The van der Waals surface area contributed by atoms with Crippen molar-refractivity contribution in [2.24, 2.45) is 0 Å². The fourth-order valence-corrected chi connectivity index (χ4v) is 1.07. The molecule has 1 aromatic carbocycles. The molecule has 1 rings (SSSR count). The van der Waals surface area contributed by atoms with E-state index < -0.39 is 6.10 Å². The summed E-state index contributed by atoms with van der Waals surface area (Å²) < 4.78 is 10.8. The minimum Gasteiger partial charge on any atom is -0.494 e. The summed E-state index contributed by atoms with van der Waals surface area (Å²) in [6.45, 7) is 4.81. The molecule has 0 bridgehead atoms. The van der Waals surface area contributed by atoms with Crippen LogP contribution in [0.5, 0.6) is 11.5 Å². The molecular weight excluding hydrogens is 192 g/mol. The van der Waals surface area contributed by atoms with Crippen molar-refractivity contribution < 1.29 is 14.6 Å².